The number of rotatable bonds is 3. The zero-order valence-corrected chi connectivity index (χ0v) is 11.8. The number of hydrogen-bond donors (Lipinski definition) is 2. The Bertz CT molecular complexity index is 657. The highest BCUT2D eigenvalue weighted by atomic mass is 16.4. The molecule has 0 radical (unpaired) electrons. The zero-order chi connectivity index (χ0) is 14.9. The van der Waals surface area contributed by atoms with Crippen LogP contribution in [0.1, 0.15) is 40.9 Å². The summed E-state index contributed by atoms with van der Waals surface area (Å²) >= 11 is 0. The SMILES string of the molecule is Cc1cccc(C(C)(C)c2ccc(O)c(C(=O)O)c2)c1. The van der Waals surface area contributed by atoms with E-state index >= 15 is 0 Å². The van der Waals surface area contributed by atoms with Gasteiger partial charge < -0.3 is 10.2 Å². The minimum Gasteiger partial charge on any atom is -0.507 e. The van der Waals surface area contributed by atoms with Crippen molar-refractivity contribution in [3.8, 4) is 5.75 Å². The lowest BCUT2D eigenvalue weighted by Crippen LogP contribution is -2.19. The van der Waals surface area contributed by atoms with Gasteiger partial charge in [0.15, 0.2) is 0 Å². The Morgan fingerprint density at radius 2 is 1.70 bits per heavy atom. The van der Waals surface area contributed by atoms with Gasteiger partial charge in [-0.25, -0.2) is 4.79 Å². The van der Waals surface area contributed by atoms with E-state index < -0.39 is 5.97 Å². The summed E-state index contributed by atoms with van der Waals surface area (Å²) in [6.45, 7) is 6.11. The van der Waals surface area contributed by atoms with Crippen molar-refractivity contribution < 1.29 is 15.0 Å². The molecule has 0 saturated heterocycles. The van der Waals surface area contributed by atoms with Crippen LogP contribution >= 0.6 is 0 Å². The number of carboxylic acid groups (broad SMARTS) is 1. The van der Waals surface area contributed by atoms with Gasteiger partial charge >= 0.3 is 5.97 Å². The topological polar surface area (TPSA) is 57.5 Å². The summed E-state index contributed by atoms with van der Waals surface area (Å²) < 4.78 is 0. The van der Waals surface area contributed by atoms with Gasteiger partial charge in [-0.05, 0) is 30.2 Å². The van der Waals surface area contributed by atoms with Crippen LogP contribution in [-0.2, 0) is 5.41 Å². The van der Waals surface area contributed by atoms with Crippen LogP contribution in [0.5, 0.6) is 5.75 Å². The molecule has 2 N–H and O–H groups in total. The molecular weight excluding hydrogens is 252 g/mol. The Kier molecular flexibility index (Phi) is 3.53. The zero-order valence-electron chi connectivity index (χ0n) is 11.8. The van der Waals surface area contributed by atoms with E-state index in [9.17, 15) is 9.90 Å². The van der Waals surface area contributed by atoms with Crippen LogP contribution in [0.2, 0.25) is 0 Å². The molecule has 0 amide bonds. The van der Waals surface area contributed by atoms with Crippen molar-refractivity contribution >= 4 is 5.97 Å². The second-order valence-electron chi connectivity index (χ2n) is 5.53. The highest BCUT2D eigenvalue weighted by Gasteiger charge is 2.25. The number of aromatic carboxylic acids is 1. The van der Waals surface area contributed by atoms with Gasteiger partial charge in [-0.15, -0.1) is 0 Å². The highest BCUT2D eigenvalue weighted by molar-refractivity contribution is 5.91. The highest BCUT2D eigenvalue weighted by Crippen LogP contribution is 2.34. The summed E-state index contributed by atoms with van der Waals surface area (Å²) in [5.74, 6) is -1.33. The second-order valence-corrected chi connectivity index (χ2v) is 5.53. The van der Waals surface area contributed by atoms with Crippen LogP contribution in [0.3, 0.4) is 0 Å². The Balaban J connectivity index is 2.54. The average molecular weight is 270 g/mol. The Morgan fingerprint density at radius 1 is 1.05 bits per heavy atom. The van der Waals surface area contributed by atoms with Crippen LogP contribution in [0.25, 0.3) is 0 Å². The van der Waals surface area contributed by atoms with Crippen molar-refractivity contribution in [2.24, 2.45) is 0 Å². The summed E-state index contributed by atoms with van der Waals surface area (Å²) in [5, 5.41) is 18.7. The molecule has 104 valence electrons. The maximum atomic E-state index is 11.1. The van der Waals surface area contributed by atoms with Gasteiger partial charge in [0, 0.05) is 5.41 Å². The van der Waals surface area contributed by atoms with Crippen LogP contribution in [-0.4, -0.2) is 16.2 Å². The van der Waals surface area contributed by atoms with E-state index in [0.29, 0.717) is 0 Å². The van der Waals surface area contributed by atoms with Crippen LogP contribution in [0.4, 0.5) is 0 Å². The summed E-state index contributed by atoms with van der Waals surface area (Å²) in [6.07, 6.45) is 0. The fourth-order valence-electron chi connectivity index (χ4n) is 2.30. The van der Waals surface area contributed by atoms with E-state index in [1.54, 1.807) is 12.1 Å². The largest absolute Gasteiger partial charge is 0.507 e. The van der Waals surface area contributed by atoms with E-state index in [-0.39, 0.29) is 16.7 Å². The third-order valence-corrected chi connectivity index (χ3v) is 3.69. The number of aromatic hydroxyl groups is 1. The lowest BCUT2D eigenvalue weighted by atomic mass is 9.77. The molecule has 0 spiro atoms. The molecule has 3 heteroatoms. The smallest absolute Gasteiger partial charge is 0.339 e. The first-order chi connectivity index (χ1) is 9.32. The second kappa shape index (κ2) is 5.00. The van der Waals surface area contributed by atoms with Crippen molar-refractivity contribution in [3.05, 3.63) is 64.7 Å². The molecule has 0 saturated carbocycles. The summed E-state index contributed by atoms with van der Waals surface area (Å²) in [4.78, 5) is 11.1. The van der Waals surface area contributed by atoms with Crippen molar-refractivity contribution in [1.29, 1.82) is 0 Å². The van der Waals surface area contributed by atoms with E-state index in [2.05, 4.69) is 6.07 Å². The van der Waals surface area contributed by atoms with Gasteiger partial charge in [0.2, 0.25) is 0 Å². The predicted octanol–water partition coefficient (Wildman–Crippen LogP) is 3.72. The van der Waals surface area contributed by atoms with Crippen molar-refractivity contribution in [3.63, 3.8) is 0 Å². The number of benzene rings is 2. The van der Waals surface area contributed by atoms with Gasteiger partial charge in [0.1, 0.15) is 11.3 Å². The molecule has 3 nitrogen and oxygen atoms in total. The quantitative estimate of drug-likeness (QED) is 0.893. The number of hydrogen-bond acceptors (Lipinski definition) is 2. The van der Waals surface area contributed by atoms with Gasteiger partial charge in [0.25, 0.3) is 0 Å². The van der Waals surface area contributed by atoms with E-state index in [0.717, 1.165) is 16.7 Å². The normalized spacial score (nSPS) is 11.3. The maximum absolute atomic E-state index is 11.1. The standard InChI is InChI=1S/C17H18O3/c1-11-5-4-6-12(9-11)17(2,3)13-7-8-15(18)14(10-13)16(19)20/h4-10,18H,1-3H3,(H,19,20). The average Bonchev–Trinajstić information content (AvgIpc) is 2.38. The minimum atomic E-state index is -1.12. The molecule has 0 bridgehead atoms. The Labute approximate surface area is 118 Å². The van der Waals surface area contributed by atoms with Crippen molar-refractivity contribution in [1.82, 2.24) is 0 Å². The van der Waals surface area contributed by atoms with Gasteiger partial charge in [-0.2, -0.15) is 0 Å². The number of aryl methyl sites for hydroxylation is 1. The molecule has 0 aromatic heterocycles. The van der Waals surface area contributed by atoms with Gasteiger partial charge in [0.05, 0.1) is 0 Å². The molecule has 0 heterocycles. The summed E-state index contributed by atoms with van der Waals surface area (Å²) in [6, 6.07) is 12.9. The van der Waals surface area contributed by atoms with Gasteiger partial charge in [-0.1, -0.05) is 49.7 Å². The predicted molar refractivity (Wildman–Crippen MR) is 78.4 cm³/mol. The first-order valence-electron chi connectivity index (χ1n) is 6.46. The molecule has 2 rings (SSSR count). The molecule has 0 aliphatic rings. The first-order valence-corrected chi connectivity index (χ1v) is 6.46. The van der Waals surface area contributed by atoms with Crippen molar-refractivity contribution in [2.45, 2.75) is 26.2 Å². The lowest BCUT2D eigenvalue weighted by molar-refractivity contribution is 0.0693. The molecule has 0 aliphatic carbocycles. The van der Waals surface area contributed by atoms with Crippen LogP contribution in [0.15, 0.2) is 42.5 Å². The maximum Gasteiger partial charge on any atom is 0.339 e. The Hall–Kier alpha value is -2.29. The molecule has 20 heavy (non-hydrogen) atoms. The van der Waals surface area contributed by atoms with E-state index in [4.69, 9.17) is 5.11 Å². The summed E-state index contributed by atoms with van der Waals surface area (Å²) in [7, 11) is 0. The molecule has 0 fully saturated rings. The molecule has 0 aliphatic heterocycles. The third-order valence-electron chi connectivity index (χ3n) is 3.69. The number of carbonyl (C=O) groups is 1. The van der Waals surface area contributed by atoms with Crippen molar-refractivity contribution in [2.75, 3.05) is 0 Å². The molecule has 0 atom stereocenters. The van der Waals surface area contributed by atoms with Crippen LogP contribution < -0.4 is 0 Å². The van der Waals surface area contributed by atoms with E-state index in [1.807, 2.05) is 39.0 Å². The molecular formula is C17H18O3. The first kappa shape index (κ1) is 14.1. The van der Waals surface area contributed by atoms with E-state index in [1.165, 1.54) is 6.07 Å². The number of phenols is 1. The molecule has 2 aromatic rings. The number of carboxylic acids is 1. The summed E-state index contributed by atoms with van der Waals surface area (Å²) in [5.41, 5.74) is 2.73. The van der Waals surface area contributed by atoms with Gasteiger partial charge in [-0.3, -0.25) is 0 Å². The monoisotopic (exact) mass is 270 g/mol. The fourth-order valence-corrected chi connectivity index (χ4v) is 2.30. The molecule has 2 aromatic carbocycles. The lowest BCUT2D eigenvalue weighted by Gasteiger charge is -2.27. The van der Waals surface area contributed by atoms with Crippen LogP contribution in [0, 0.1) is 6.92 Å². The Morgan fingerprint density at radius 3 is 2.30 bits per heavy atom. The third kappa shape index (κ3) is 2.52. The molecule has 0 unspecified atom stereocenters. The minimum absolute atomic E-state index is 0.0665. The fraction of sp³-hybridized carbons (Fsp3) is 0.235.